The monoisotopic (exact) mass is 365 g/mol. The second-order valence-corrected chi connectivity index (χ2v) is 9.07. The molecule has 0 aromatic heterocycles. The summed E-state index contributed by atoms with van der Waals surface area (Å²) < 4.78 is 5.82. The van der Waals surface area contributed by atoms with Crippen LogP contribution in [0, 0.1) is 11.8 Å². The van der Waals surface area contributed by atoms with Gasteiger partial charge >= 0.3 is 0 Å². The first-order valence-corrected chi connectivity index (χ1v) is 10.2. The van der Waals surface area contributed by atoms with Crippen LogP contribution in [0.3, 0.4) is 0 Å². The van der Waals surface area contributed by atoms with E-state index in [0.29, 0.717) is 12.5 Å². The second-order valence-electron chi connectivity index (χ2n) is 9.07. The van der Waals surface area contributed by atoms with Gasteiger partial charge in [-0.1, -0.05) is 0 Å². The molecule has 0 aromatic rings. The van der Waals surface area contributed by atoms with Crippen LogP contribution >= 0.6 is 0 Å². The fourth-order valence-corrected chi connectivity index (χ4v) is 4.18. The largest absolute Gasteiger partial charge is 0.373 e. The average Bonchev–Trinajstić information content (AvgIpc) is 3.43. The van der Waals surface area contributed by atoms with E-state index in [1.165, 1.54) is 0 Å². The van der Waals surface area contributed by atoms with Crippen LogP contribution in [0.25, 0.3) is 0 Å². The van der Waals surface area contributed by atoms with Crippen molar-refractivity contribution in [3.63, 3.8) is 0 Å². The summed E-state index contributed by atoms with van der Waals surface area (Å²) >= 11 is 0. The average molecular weight is 366 g/mol. The molecule has 3 fully saturated rings. The molecule has 6 nitrogen and oxygen atoms in total. The van der Waals surface area contributed by atoms with Gasteiger partial charge in [-0.2, -0.15) is 0 Å². The molecule has 0 spiro atoms. The lowest BCUT2D eigenvalue weighted by atomic mass is 9.94. The number of hydrogen-bond donors (Lipinski definition) is 1. The number of piperidine rings is 1. The van der Waals surface area contributed by atoms with Gasteiger partial charge in [0.2, 0.25) is 11.8 Å². The maximum absolute atomic E-state index is 12.6. The van der Waals surface area contributed by atoms with Gasteiger partial charge in [-0.25, -0.2) is 0 Å². The Hall–Kier alpha value is -1.14. The Morgan fingerprint density at radius 3 is 2.12 bits per heavy atom. The van der Waals surface area contributed by atoms with Gasteiger partial charge in [0.05, 0.1) is 12.2 Å². The van der Waals surface area contributed by atoms with Crippen LogP contribution in [0.5, 0.6) is 0 Å². The Balaban J connectivity index is 1.44. The topological polar surface area (TPSA) is 61.9 Å². The van der Waals surface area contributed by atoms with E-state index in [4.69, 9.17) is 4.74 Å². The normalized spacial score (nSPS) is 28.8. The molecule has 0 unspecified atom stereocenters. The zero-order chi connectivity index (χ0) is 18.9. The summed E-state index contributed by atoms with van der Waals surface area (Å²) in [6.07, 6.45) is 4.12. The van der Waals surface area contributed by atoms with Crippen LogP contribution in [0.4, 0.5) is 0 Å². The fraction of sp³-hybridized carbons (Fsp3) is 0.900. The molecule has 2 amide bonds. The van der Waals surface area contributed by atoms with E-state index in [-0.39, 0.29) is 35.5 Å². The van der Waals surface area contributed by atoms with Crippen molar-refractivity contribution >= 4 is 11.8 Å². The molecule has 2 atom stereocenters. The van der Waals surface area contributed by atoms with Gasteiger partial charge in [-0.15, -0.1) is 0 Å². The van der Waals surface area contributed by atoms with Gasteiger partial charge in [0.1, 0.15) is 0 Å². The summed E-state index contributed by atoms with van der Waals surface area (Å²) in [6, 6.07) is 0. The zero-order valence-electron chi connectivity index (χ0n) is 16.8. The zero-order valence-corrected chi connectivity index (χ0v) is 16.8. The molecule has 2 saturated heterocycles. The lowest BCUT2D eigenvalue weighted by Crippen LogP contribution is -2.59. The Bertz CT molecular complexity index is 514. The maximum Gasteiger partial charge on any atom is 0.225 e. The van der Waals surface area contributed by atoms with Crippen LogP contribution in [0.1, 0.15) is 53.4 Å². The van der Waals surface area contributed by atoms with Crippen LogP contribution < -0.4 is 5.32 Å². The van der Waals surface area contributed by atoms with Crippen molar-refractivity contribution < 1.29 is 14.3 Å². The van der Waals surface area contributed by atoms with E-state index in [1.54, 1.807) is 0 Å². The summed E-state index contributed by atoms with van der Waals surface area (Å²) in [5, 5.41) is 3.17. The molecule has 2 aliphatic heterocycles. The van der Waals surface area contributed by atoms with Crippen LogP contribution in [0.15, 0.2) is 0 Å². The number of rotatable bonds is 5. The van der Waals surface area contributed by atoms with Crippen LogP contribution in [-0.4, -0.2) is 72.1 Å². The highest BCUT2D eigenvalue weighted by Crippen LogP contribution is 2.32. The number of hydrogen-bond acceptors (Lipinski definition) is 4. The first-order chi connectivity index (χ1) is 12.3. The Morgan fingerprint density at radius 1 is 1.00 bits per heavy atom. The van der Waals surface area contributed by atoms with Gasteiger partial charge in [0, 0.05) is 50.1 Å². The predicted octanol–water partition coefficient (Wildman–Crippen LogP) is 1.64. The first kappa shape index (κ1) is 19.6. The third-order valence-electron chi connectivity index (χ3n) is 6.07. The third kappa shape index (κ3) is 4.77. The number of ether oxygens (including phenoxy) is 1. The molecule has 0 bridgehead atoms. The van der Waals surface area contributed by atoms with E-state index < -0.39 is 0 Å². The Kier molecular flexibility index (Phi) is 5.92. The standard InChI is InChI=1S/C20H35N3O3/c1-14-11-23(12-15(2)26-14)20(3,4)13-21-18(24)16-7-9-22(10-8-16)19(25)17-5-6-17/h14-17H,5-13H2,1-4H3,(H,21,24)/t14-,15-/m0/s1. The quantitative estimate of drug-likeness (QED) is 0.805. The van der Waals surface area contributed by atoms with Crippen molar-refractivity contribution in [2.45, 2.75) is 71.1 Å². The van der Waals surface area contributed by atoms with Crippen molar-refractivity contribution in [3.05, 3.63) is 0 Å². The SMILES string of the molecule is C[C@H]1CN(C(C)(C)CNC(=O)C2CCN(C(=O)C3CC3)CC2)C[C@H](C)O1. The second kappa shape index (κ2) is 7.85. The Labute approximate surface area is 157 Å². The number of nitrogens with one attached hydrogen (secondary N) is 1. The molecule has 1 aliphatic carbocycles. The smallest absolute Gasteiger partial charge is 0.225 e. The summed E-state index contributed by atoms with van der Waals surface area (Å²) in [5.74, 6) is 0.766. The summed E-state index contributed by atoms with van der Waals surface area (Å²) in [6.45, 7) is 12.5. The molecule has 2 heterocycles. The number of amides is 2. The summed E-state index contributed by atoms with van der Waals surface area (Å²) in [7, 11) is 0. The fourth-order valence-electron chi connectivity index (χ4n) is 4.18. The van der Waals surface area contributed by atoms with Gasteiger partial charge in [-0.05, 0) is 53.4 Å². The number of nitrogens with zero attached hydrogens (tertiary/aromatic N) is 2. The minimum atomic E-state index is -0.0927. The highest BCUT2D eigenvalue weighted by Gasteiger charge is 2.37. The summed E-state index contributed by atoms with van der Waals surface area (Å²) in [5.41, 5.74) is -0.0927. The highest BCUT2D eigenvalue weighted by molar-refractivity contribution is 5.82. The van der Waals surface area contributed by atoms with E-state index >= 15 is 0 Å². The van der Waals surface area contributed by atoms with E-state index in [2.05, 4.69) is 37.9 Å². The molecule has 1 saturated carbocycles. The molecule has 148 valence electrons. The Morgan fingerprint density at radius 2 is 1.58 bits per heavy atom. The van der Waals surface area contributed by atoms with Crippen molar-refractivity contribution in [3.8, 4) is 0 Å². The lowest BCUT2D eigenvalue weighted by Gasteiger charge is -2.45. The molecular formula is C20H35N3O3. The van der Waals surface area contributed by atoms with E-state index in [9.17, 15) is 9.59 Å². The van der Waals surface area contributed by atoms with E-state index in [1.807, 2.05) is 4.90 Å². The highest BCUT2D eigenvalue weighted by atomic mass is 16.5. The molecule has 3 rings (SSSR count). The minimum absolute atomic E-state index is 0.0385. The maximum atomic E-state index is 12.6. The molecule has 1 N–H and O–H groups in total. The van der Waals surface area contributed by atoms with Gasteiger partial charge in [0.15, 0.2) is 0 Å². The molecule has 6 heteroatoms. The number of morpholine rings is 1. The van der Waals surface area contributed by atoms with Crippen molar-refractivity contribution in [2.24, 2.45) is 11.8 Å². The number of carbonyl (C=O) groups is 2. The molecule has 26 heavy (non-hydrogen) atoms. The van der Waals surface area contributed by atoms with Gasteiger partial charge in [-0.3, -0.25) is 14.5 Å². The molecule has 0 aromatic carbocycles. The lowest BCUT2D eigenvalue weighted by molar-refractivity contribution is -0.137. The van der Waals surface area contributed by atoms with Crippen LogP contribution in [0.2, 0.25) is 0 Å². The molecular weight excluding hydrogens is 330 g/mol. The summed E-state index contributed by atoms with van der Waals surface area (Å²) in [4.78, 5) is 29.1. The predicted molar refractivity (Wildman–Crippen MR) is 101 cm³/mol. The van der Waals surface area contributed by atoms with Gasteiger partial charge in [0.25, 0.3) is 0 Å². The minimum Gasteiger partial charge on any atom is -0.373 e. The van der Waals surface area contributed by atoms with Gasteiger partial charge < -0.3 is 15.0 Å². The van der Waals surface area contributed by atoms with Crippen molar-refractivity contribution in [1.82, 2.24) is 15.1 Å². The van der Waals surface area contributed by atoms with Crippen molar-refractivity contribution in [1.29, 1.82) is 0 Å². The number of likely N-dealkylation sites (tertiary alicyclic amines) is 1. The van der Waals surface area contributed by atoms with Crippen LogP contribution in [-0.2, 0) is 14.3 Å². The molecule has 0 radical (unpaired) electrons. The van der Waals surface area contributed by atoms with Crippen molar-refractivity contribution in [2.75, 3.05) is 32.7 Å². The van der Waals surface area contributed by atoms with E-state index in [0.717, 1.165) is 51.9 Å². The first-order valence-electron chi connectivity index (χ1n) is 10.2. The third-order valence-corrected chi connectivity index (χ3v) is 6.07. The number of carbonyl (C=O) groups excluding carboxylic acids is 2. The molecule has 3 aliphatic rings.